The van der Waals surface area contributed by atoms with E-state index in [2.05, 4.69) is 5.32 Å². The molecule has 1 aromatic carbocycles. The summed E-state index contributed by atoms with van der Waals surface area (Å²) in [6.45, 7) is 0.525. The van der Waals surface area contributed by atoms with Gasteiger partial charge in [-0.2, -0.15) is 0 Å². The van der Waals surface area contributed by atoms with Crippen LogP contribution in [0.3, 0.4) is 0 Å². The van der Waals surface area contributed by atoms with Crippen molar-refractivity contribution in [2.75, 3.05) is 6.54 Å². The van der Waals surface area contributed by atoms with Gasteiger partial charge in [-0.3, -0.25) is 14.4 Å². The topological polar surface area (TPSA) is 104 Å². The predicted molar refractivity (Wildman–Crippen MR) is 94.9 cm³/mol. The van der Waals surface area contributed by atoms with Gasteiger partial charge in [-0.25, -0.2) is 4.79 Å². The Kier molecular flexibility index (Phi) is 6.99. The second-order valence-electron chi connectivity index (χ2n) is 5.93. The first-order valence-corrected chi connectivity index (χ1v) is 8.82. The number of carboxylic acid groups (broad SMARTS) is 1. The molecule has 0 spiro atoms. The number of nitrogens with one attached hydrogen (secondary N) is 1. The van der Waals surface area contributed by atoms with E-state index in [0.29, 0.717) is 35.0 Å². The van der Waals surface area contributed by atoms with E-state index < -0.39 is 23.7 Å². The molecule has 0 bridgehead atoms. The van der Waals surface area contributed by atoms with Crippen molar-refractivity contribution >= 4 is 46.8 Å². The highest BCUT2D eigenvalue weighted by Crippen LogP contribution is 2.21. The molecule has 0 aliphatic carbocycles. The summed E-state index contributed by atoms with van der Waals surface area (Å²) in [7, 11) is 0. The molecule has 7 nitrogen and oxygen atoms in total. The SMILES string of the molecule is O=C(CCC(=O)N1CCC[C@H]1C(=O)C(=O)O)NCc1ccc(Cl)cc1Cl. The van der Waals surface area contributed by atoms with E-state index in [-0.39, 0.29) is 25.3 Å². The Morgan fingerprint density at radius 1 is 1.19 bits per heavy atom. The van der Waals surface area contributed by atoms with Gasteiger partial charge in [0, 0.05) is 36.0 Å². The first-order valence-electron chi connectivity index (χ1n) is 8.07. The molecule has 1 atom stereocenters. The summed E-state index contributed by atoms with van der Waals surface area (Å²) < 4.78 is 0. The molecular weight excluding hydrogens is 383 g/mol. The molecule has 0 aromatic heterocycles. The van der Waals surface area contributed by atoms with Crippen molar-refractivity contribution in [3.8, 4) is 0 Å². The number of likely N-dealkylation sites (tertiary alicyclic amines) is 1. The lowest BCUT2D eigenvalue weighted by Gasteiger charge is -2.22. The number of hydrogen-bond acceptors (Lipinski definition) is 4. The maximum absolute atomic E-state index is 12.2. The largest absolute Gasteiger partial charge is 0.475 e. The number of halogens is 2. The maximum atomic E-state index is 12.2. The molecule has 0 saturated carbocycles. The van der Waals surface area contributed by atoms with E-state index in [4.69, 9.17) is 28.3 Å². The van der Waals surface area contributed by atoms with Gasteiger partial charge in [-0.05, 0) is 30.5 Å². The predicted octanol–water partition coefficient (Wildman–Crippen LogP) is 2.03. The van der Waals surface area contributed by atoms with Crippen LogP contribution >= 0.6 is 23.2 Å². The first-order chi connectivity index (χ1) is 12.3. The van der Waals surface area contributed by atoms with E-state index in [1.165, 1.54) is 4.90 Å². The van der Waals surface area contributed by atoms with Crippen LogP contribution in [0.1, 0.15) is 31.2 Å². The Hall–Kier alpha value is -2.12. The number of carbonyl (C=O) groups is 4. The summed E-state index contributed by atoms with van der Waals surface area (Å²) in [5.41, 5.74) is 0.697. The molecular formula is C17H18Cl2N2O5. The molecule has 2 rings (SSSR count). The van der Waals surface area contributed by atoms with Crippen molar-refractivity contribution in [1.82, 2.24) is 10.2 Å². The van der Waals surface area contributed by atoms with Gasteiger partial charge in [0.25, 0.3) is 5.78 Å². The molecule has 2 N–H and O–H groups in total. The molecule has 1 aliphatic rings. The fourth-order valence-corrected chi connectivity index (χ4v) is 3.27. The number of carbonyl (C=O) groups excluding carboxylic acids is 3. The summed E-state index contributed by atoms with van der Waals surface area (Å²) >= 11 is 11.8. The molecule has 140 valence electrons. The van der Waals surface area contributed by atoms with Crippen LogP contribution in [0.4, 0.5) is 0 Å². The van der Waals surface area contributed by atoms with E-state index in [9.17, 15) is 19.2 Å². The second-order valence-corrected chi connectivity index (χ2v) is 6.77. The number of nitrogens with zero attached hydrogens (tertiary/aromatic N) is 1. The normalized spacial score (nSPS) is 16.4. The monoisotopic (exact) mass is 400 g/mol. The second kappa shape index (κ2) is 9.00. The highest BCUT2D eigenvalue weighted by molar-refractivity contribution is 6.35. The molecule has 1 heterocycles. The van der Waals surface area contributed by atoms with Crippen LogP contribution in [0, 0.1) is 0 Å². The smallest absolute Gasteiger partial charge is 0.374 e. The molecule has 1 aliphatic heterocycles. The molecule has 1 fully saturated rings. The van der Waals surface area contributed by atoms with Crippen molar-refractivity contribution in [3.63, 3.8) is 0 Å². The number of Topliss-reactive ketones (excluding diaryl/α,β-unsaturated/α-hetero) is 1. The van der Waals surface area contributed by atoms with E-state index >= 15 is 0 Å². The van der Waals surface area contributed by atoms with Gasteiger partial charge in [0.05, 0.1) is 0 Å². The van der Waals surface area contributed by atoms with Gasteiger partial charge in [0.15, 0.2) is 0 Å². The molecule has 9 heteroatoms. The lowest BCUT2D eigenvalue weighted by atomic mass is 10.1. The van der Waals surface area contributed by atoms with E-state index in [0.717, 1.165) is 0 Å². The average molecular weight is 401 g/mol. The highest BCUT2D eigenvalue weighted by atomic mass is 35.5. The summed E-state index contributed by atoms with van der Waals surface area (Å²) in [6, 6.07) is 3.99. The quantitative estimate of drug-likeness (QED) is 0.681. The maximum Gasteiger partial charge on any atom is 0.374 e. The molecule has 2 amide bonds. The zero-order chi connectivity index (χ0) is 19.3. The minimum atomic E-state index is -1.55. The zero-order valence-electron chi connectivity index (χ0n) is 13.8. The number of ketones is 1. The average Bonchev–Trinajstić information content (AvgIpc) is 3.07. The van der Waals surface area contributed by atoms with Crippen molar-refractivity contribution in [3.05, 3.63) is 33.8 Å². The van der Waals surface area contributed by atoms with Crippen LogP contribution in [0.5, 0.6) is 0 Å². The standard InChI is InChI=1S/C17H18Cl2N2O5/c18-11-4-3-10(12(19)8-11)9-20-14(22)5-6-15(23)21-7-1-2-13(21)16(24)17(25)26/h3-4,8,13H,1-2,5-7,9H2,(H,20,22)(H,25,26)/t13-/m0/s1. The third-order valence-corrected chi connectivity index (χ3v) is 4.73. The summed E-state index contributed by atoms with van der Waals surface area (Å²) in [4.78, 5) is 47.8. The van der Waals surface area contributed by atoms with Crippen molar-refractivity contribution in [2.45, 2.75) is 38.3 Å². The zero-order valence-corrected chi connectivity index (χ0v) is 15.3. The van der Waals surface area contributed by atoms with Crippen LogP contribution in [-0.4, -0.2) is 46.2 Å². The van der Waals surface area contributed by atoms with Crippen LogP contribution in [0.2, 0.25) is 10.0 Å². The van der Waals surface area contributed by atoms with Gasteiger partial charge in [0.2, 0.25) is 11.8 Å². The van der Waals surface area contributed by atoms with Gasteiger partial charge >= 0.3 is 5.97 Å². The van der Waals surface area contributed by atoms with Gasteiger partial charge < -0.3 is 15.3 Å². The lowest BCUT2D eigenvalue weighted by Crippen LogP contribution is -2.43. The van der Waals surface area contributed by atoms with Crippen molar-refractivity contribution in [2.24, 2.45) is 0 Å². The summed E-state index contributed by atoms with van der Waals surface area (Å²) in [6.07, 6.45) is 0.743. The van der Waals surface area contributed by atoms with Crippen LogP contribution < -0.4 is 5.32 Å². The van der Waals surface area contributed by atoms with Crippen molar-refractivity contribution in [1.29, 1.82) is 0 Å². The van der Waals surface area contributed by atoms with Gasteiger partial charge in [-0.1, -0.05) is 29.3 Å². The number of benzene rings is 1. The molecule has 0 radical (unpaired) electrons. The first kappa shape index (κ1) is 20.2. The Labute approximate surface area is 160 Å². The Balaban J connectivity index is 1.82. The van der Waals surface area contributed by atoms with Crippen LogP contribution in [0.15, 0.2) is 18.2 Å². The molecule has 1 aromatic rings. The third-order valence-electron chi connectivity index (χ3n) is 4.14. The number of amides is 2. The highest BCUT2D eigenvalue weighted by Gasteiger charge is 2.36. The number of carboxylic acids is 1. The van der Waals surface area contributed by atoms with E-state index in [1.54, 1.807) is 18.2 Å². The molecule has 26 heavy (non-hydrogen) atoms. The molecule has 1 saturated heterocycles. The van der Waals surface area contributed by atoms with Crippen LogP contribution in [-0.2, 0) is 25.7 Å². The third kappa shape index (κ3) is 5.19. The van der Waals surface area contributed by atoms with Gasteiger partial charge in [-0.15, -0.1) is 0 Å². The minimum Gasteiger partial charge on any atom is -0.475 e. The van der Waals surface area contributed by atoms with E-state index in [1.807, 2.05) is 0 Å². The van der Waals surface area contributed by atoms with Crippen molar-refractivity contribution < 1.29 is 24.3 Å². The minimum absolute atomic E-state index is 0.0610. The number of hydrogen-bond donors (Lipinski definition) is 2. The van der Waals surface area contributed by atoms with Crippen LogP contribution in [0.25, 0.3) is 0 Å². The lowest BCUT2D eigenvalue weighted by molar-refractivity contribution is -0.152. The summed E-state index contributed by atoms with van der Waals surface area (Å²) in [5, 5.41) is 12.4. The Morgan fingerprint density at radius 3 is 2.58 bits per heavy atom. The van der Waals surface area contributed by atoms with Gasteiger partial charge in [0.1, 0.15) is 6.04 Å². The Bertz CT molecular complexity index is 738. The number of rotatable bonds is 7. The Morgan fingerprint density at radius 2 is 1.92 bits per heavy atom. The fourth-order valence-electron chi connectivity index (χ4n) is 2.79. The fraction of sp³-hybridized carbons (Fsp3) is 0.412. The number of aliphatic carboxylic acids is 1. The molecule has 0 unspecified atom stereocenters. The summed E-state index contributed by atoms with van der Waals surface area (Å²) in [5.74, 6) is -3.28.